The van der Waals surface area contributed by atoms with Gasteiger partial charge in [0.25, 0.3) is 0 Å². The SMILES string of the molecule is O=C(CC12CCCN(CCC3(CC(=O)OCc4ccccc4)CCCN(CC1)C3)C2)OCc1ccccc1. The first kappa shape index (κ1) is 26.9. The van der Waals surface area contributed by atoms with E-state index in [-0.39, 0.29) is 22.8 Å². The van der Waals surface area contributed by atoms with Gasteiger partial charge in [-0.15, -0.1) is 0 Å². The van der Waals surface area contributed by atoms with Gasteiger partial charge in [-0.25, -0.2) is 0 Å². The van der Waals surface area contributed by atoms with Gasteiger partial charge in [0.1, 0.15) is 13.2 Å². The Bertz CT molecular complexity index is 976. The number of hydrogen-bond donors (Lipinski definition) is 0. The first-order valence-electron chi connectivity index (χ1n) is 14.4. The normalized spacial score (nSPS) is 29.2. The van der Waals surface area contributed by atoms with E-state index in [2.05, 4.69) is 9.80 Å². The van der Waals surface area contributed by atoms with Gasteiger partial charge in [0.2, 0.25) is 0 Å². The maximum atomic E-state index is 13.0. The van der Waals surface area contributed by atoms with Gasteiger partial charge < -0.3 is 19.3 Å². The van der Waals surface area contributed by atoms with E-state index >= 15 is 0 Å². The van der Waals surface area contributed by atoms with Crippen LogP contribution in [0.5, 0.6) is 0 Å². The van der Waals surface area contributed by atoms with Crippen molar-refractivity contribution in [3.05, 3.63) is 71.8 Å². The molecule has 4 atom stereocenters. The van der Waals surface area contributed by atoms with Crippen LogP contribution >= 0.6 is 0 Å². The van der Waals surface area contributed by atoms with E-state index in [9.17, 15) is 9.59 Å². The van der Waals surface area contributed by atoms with Gasteiger partial charge in [0.05, 0.1) is 12.8 Å². The molecule has 0 N–H and O–H groups in total. The highest BCUT2D eigenvalue weighted by Gasteiger charge is 2.43. The van der Waals surface area contributed by atoms with Crippen molar-refractivity contribution in [3.8, 4) is 0 Å². The second kappa shape index (κ2) is 12.4. The third-order valence-electron chi connectivity index (χ3n) is 8.92. The summed E-state index contributed by atoms with van der Waals surface area (Å²) in [4.78, 5) is 31.1. The van der Waals surface area contributed by atoms with Crippen LogP contribution in [0.2, 0.25) is 0 Å². The highest BCUT2D eigenvalue weighted by molar-refractivity contribution is 5.71. The molecular weight excluding hydrogens is 476 g/mol. The molecule has 0 aliphatic carbocycles. The summed E-state index contributed by atoms with van der Waals surface area (Å²) in [7, 11) is 0. The second-order valence-electron chi connectivity index (χ2n) is 11.9. The Morgan fingerprint density at radius 1 is 0.605 bits per heavy atom. The van der Waals surface area contributed by atoms with Crippen LogP contribution in [0.4, 0.5) is 0 Å². The topological polar surface area (TPSA) is 59.1 Å². The van der Waals surface area contributed by atoms with E-state index in [1.54, 1.807) is 0 Å². The Hall–Kier alpha value is -2.70. The molecule has 5 rings (SSSR count). The number of ether oxygens (including phenoxy) is 2. The molecule has 3 fully saturated rings. The van der Waals surface area contributed by atoms with E-state index in [1.165, 1.54) is 0 Å². The van der Waals surface area contributed by atoms with Crippen molar-refractivity contribution < 1.29 is 19.1 Å². The lowest BCUT2D eigenvalue weighted by Crippen LogP contribution is -2.52. The fraction of sp³-hybridized carbons (Fsp3) is 0.562. The Kier molecular flexibility index (Phi) is 8.80. The molecule has 3 saturated heterocycles. The van der Waals surface area contributed by atoms with Gasteiger partial charge >= 0.3 is 11.9 Å². The quantitative estimate of drug-likeness (QED) is 0.447. The fourth-order valence-electron chi connectivity index (χ4n) is 6.86. The first-order valence-corrected chi connectivity index (χ1v) is 14.4. The summed E-state index contributed by atoms with van der Waals surface area (Å²) in [6.07, 6.45) is 7.35. The average Bonchev–Trinajstić information content (AvgIpc) is 2.94. The molecule has 0 spiro atoms. The average molecular weight is 519 g/mol. The second-order valence-corrected chi connectivity index (χ2v) is 11.9. The Balaban J connectivity index is 1.20. The number of carbonyl (C=O) groups excluding carboxylic acids is 2. The molecule has 2 aromatic rings. The molecule has 4 bridgehead atoms. The van der Waals surface area contributed by atoms with Gasteiger partial charge in [0.15, 0.2) is 0 Å². The zero-order valence-corrected chi connectivity index (χ0v) is 22.6. The molecule has 6 heteroatoms. The summed E-state index contributed by atoms with van der Waals surface area (Å²) in [6, 6.07) is 19.8. The van der Waals surface area contributed by atoms with Gasteiger partial charge in [0, 0.05) is 13.1 Å². The van der Waals surface area contributed by atoms with Gasteiger partial charge in [-0.3, -0.25) is 9.59 Å². The number of hydrogen-bond acceptors (Lipinski definition) is 6. The van der Waals surface area contributed by atoms with E-state index < -0.39 is 0 Å². The number of fused-ring (bicyclic) bond motifs is 4. The van der Waals surface area contributed by atoms with E-state index in [1.807, 2.05) is 60.7 Å². The molecule has 0 saturated carbocycles. The standard InChI is InChI=1S/C32H42N2O4/c35-29(37-23-27-9-3-1-4-10-27)21-31-13-7-17-33(25-31)20-16-32(14-8-18-34(26-32)19-15-31)22-30(36)38-24-28-11-5-2-6-12-28/h1-6,9-12H,7-8,13-26H2. The molecule has 204 valence electrons. The minimum Gasteiger partial charge on any atom is -0.461 e. The minimum atomic E-state index is -0.0816. The molecule has 0 amide bonds. The van der Waals surface area contributed by atoms with Crippen LogP contribution in [-0.4, -0.2) is 61.0 Å². The number of carbonyl (C=O) groups is 2. The monoisotopic (exact) mass is 518 g/mol. The third kappa shape index (κ3) is 7.23. The number of esters is 2. The van der Waals surface area contributed by atoms with E-state index in [0.29, 0.717) is 26.1 Å². The van der Waals surface area contributed by atoms with Gasteiger partial charge in [-0.05, 0) is 86.7 Å². The number of nitrogens with zero attached hydrogens (tertiary/aromatic N) is 2. The molecule has 4 unspecified atom stereocenters. The van der Waals surface area contributed by atoms with Crippen molar-refractivity contribution in [1.29, 1.82) is 0 Å². The summed E-state index contributed by atoms with van der Waals surface area (Å²) >= 11 is 0. The molecule has 6 nitrogen and oxygen atoms in total. The lowest BCUT2D eigenvalue weighted by atomic mass is 9.70. The van der Waals surface area contributed by atoms with E-state index in [4.69, 9.17) is 9.47 Å². The Labute approximate surface area is 227 Å². The highest BCUT2D eigenvalue weighted by atomic mass is 16.5. The van der Waals surface area contributed by atoms with Crippen molar-refractivity contribution >= 4 is 11.9 Å². The predicted molar refractivity (Wildman–Crippen MR) is 147 cm³/mol. The van der Waals surface area contributed by atoms with Crippen molar-refractivity contribution in [1.82, 2.24) is 9.80 Å². The highest BCUT2D eigenvalue weighted by Crippen LogP contribution is 2.43. The smallest absolute Gasteiger partial charge is 0.306 e. The zero-order chi connectivity index (χ0) is 26.3. The fourth-order valence-corrected chi connectivity index (χ4v) is 6.86. The summed E-state index contributed by atoms with van der Waals surface area (Å²) in [5.74, 6) is -0.163. The van der Waals surface area contributed by atoms with Crippen molar-refractivity contribution in [2.75, 3.05) is 39.3 Å². The van der Waals surface area contributed by atoms with Crippen molar-refractivity contribution in [2.45, 2.75) is 64.6 Å². The molecule has 3 aliphatic heterocycles. The van der Waals surface area contributed by atoms with Crippen LogP contribution < -0.4 is 0 Å². The van der Waals surface area contributed by atoms with Gasteiger partial charge in [-0.1, -0.05) is 60.7 Å². The molecule has 3 heterocycles. The zero-order valence-electron chi connectivity index (χ0n) is 22.6. The Morgan fingerprint density at radius 3 is 1.45 bits per heavy atom. The van der Waals surface area contributed by atoms with Crippen molar-refractivity contribution in [3.63, 3.8) is 0 Å². The molecule has 3 aliphatic rings. The predicted octanol–water partition coefficient (Wildman–Crippen LogP) is 5.21. The summed E-state index contributed by atoms with van der Waals surface area (Å²) in [5, 5.41) is 0. The maximum absolute atomic E-state index is 13.0. The summed E-state index contributed by atoms with van der Waals surface area (Å²) < 4.78 is 11.4. The first-order chi connectivity index (χ1) is 18.5. The lowest BCUT2D eigenvalue weighted by Gasteiger charge is -2.49. The summed E-state index contributed by atoms with van der Waals surface area (Å²) in [6.45, 7) is 6.65. The van der Waals surface area contributed by atoms with Gasteiger partial charge in [-0.2, -0.15) is 0 Å². The number of rotatable bonds is 8. The number of piperidine rings is 2. The third-order valence-corrected chi connectivity index (χ3v) is 8.92. The Morgan fingerprint density at radius 2 is 1.03 bits per heavy atom. The molecule has 0 radical (unpaired) electrons. The van der Waals surface area contributed by atoms with Crippen molar-refractivity contribution in [2.24, 2.45) is 10.8 Å². The lowest BCUT2D eigenvalue weighted by molar-refractivity contribution is -0.151. The molecule has 2 aromatic carbocycles. The summed E-state index contributed by atoms with van der Waals surface area (Å²) in [5.41, 5.74) is 2.00. The number of benzene rings is 2. The molecule has 38 heavy (non-hydrogen) atoms. The van der Waals surface area contributed by atoms with Crippen LogP contribution in [-0.2, 0) is 32.3 Å². The van der Waals surface area contributed by atoms with Crippen LogP contribution in [0.3, 0.4) is 0 Å². The van der Waals surface area contributed by atoms with Crippen LogP contribution in [0.25, 0.3) is 0 Å². The van der Waals surface area contributed by atoms with E-state index in [0.717, 1.165) is 88.9 Å². The van der Waals surface area contributed by atoms with Crippen LogP contribution in [0.15, 0.2) is 60.7 Å². The largest absolute Gasteiger partial charge is 0.461 e. The van der Waals surface area contributed by atoms with Crippen LogP contribution in [0.1, 0.15) is 62.5 Å². The minimum absolute atomic E-state index is 0.0297. The molecular formula is C32H42N2O4. The van der Waals surface area contributed by atoms with Crippen LogP contribution in [0, 0.1) is 10.8 Å². The maximum Gasteiger partial charge on any atom is 0.306 e. The molecule has 0 aromatic heterocycles.